The van der Waals surface area contributed by atoms with Gasteiger partial charge >= 0.3 is 0 Å². The van der Waals surface area contributed by atoms with Crippen LogP contribution in [0.15, 0.2) is 10.5 Å². The fourth-order valence-electron chi connectivity index (χ4n) is 3.00. The molecule has 19 heavy (non-hydrogen) atoms. The monoisotopic (exact) mass is 331 g/mol. The molecular weight excluding hydrogens is 313 g/mol. The fraction of sp³-hybridized carbons (Fsp3) is 0.571. The molecule has 3 nitrogen and oxygen atoms in total. The van der Waals surface area contributed by atoms with Crippen LogP contribution in [0.1, 0.15) is 37.7 Å². The van der Waals surface area contributed by atoms with Gasteiger partial charge in [0.1, 0.15) is 0 Å². The zero-order chi connectivity index (χ0) is 14.0. The van der Waals surface area contributed by atoms with Crippen molar-refractivity contribution in [3.05, 3.63) is 21.9 Å². The molecule has 1 fully saturated rings. The Kier molecular flexibility index (Phi) is 4.36. The molecule has 0 unspecified atom stereocenters. The second kappa shape index (κ2) is 5.67. The highest BCUT2D eigenvalue weighted by atomic mass is 79.9. The van der Waals surface area contributed by atoms with Crippen molar-refractivity contribution in [2.75, 3.05) is 13.7 Å². The smallest absolute Gasteiger partial charge is 0.198 e. The molecule has 3 N–H and O–H groups in total. The Hall–Kier alpha value is -0.810. The second-order valence-electron chi connectivity index (χ2n) is 5.15. The maximum absolute atomic E-state index is 13.9. The summed E-state index contributed by atoms with van der Waals surface area (Å²) in [6.45, 7) is 0.446. The summed E-state index contributed by atoms with van der Waals surface area (Å²) in [5.41, 5.74) is 6.38. The number of phenolic OH excluding ortho intramolecular Hbond substituents is 1. The van der Waals surface area contributed by atoms with Crippen LogP contribution in [0.2, 0.25) is 0 Å². The minimum Gasteiger partial charge on any atom is -0.504 e. The van der Waals surface area contributed by atoms with Crippen molar-refractivity contribution < 1.29 is 14.2 Å². The lowest BCUT2D eigenvalue weighted by atomic mass is 9.69. The van der Waals surface area contributed by atoms with Crippen LogP contribution in [0.5, 0.6) is 11.5 Å². The molecule has 0 spiro atoms. The van der Waals surface area contributed by atoms with Crippen LogP contribution in [0.3, 0.4) is 0 Å². The van der Waals surface area contributed by atoms with E-state index in [0.29, 0.717) is 16.6 Å². The molecular formula is C14H19BrFNO2. The van der Waals surface area contributed by atoms with Gasteiger partial charge in [0.25, 0.3) is 0 Å². The Bertz CT molecular complexity index is 473. The van der Waals surface area contributed by atoms with Gasteiger partial charge < -0.3 is 15.6 Å². The van der Waals surface area contributed by atoms with Crippen LogP contribution < -0.4 is 10.5 Å². The number of rotatable bonds is 3. The summed E-state index contributed by atoms with van der Waals surface area (Å²) in [5, 5.41) is 10.3. The minimum absolute atomic E-state index is 0.109. The van der Waals surface area contributed by atoms with Crippen LogP contribution in [0.4, 0.5) is 4.39 Å². The summed E-state index contributed by atoms with van der Waals surface area (Å²) in [5.74, 6) is -0.801. The standard InChI is InChI=1S/C14H19BrFNO2/c1-19-13-11(16)10(15)7-9(12(13)18)14(8-17)5-3-2-4-6-14/h7,18H,2-6,8,17H2,1H3. The van der Waals surface area contributed by atoms with E-state index in [9.17, 15) is 9.50 Å². The summed E-state index contributed by atoms with van der Waals surface area (Å²) in [4.78, 5) is 0. The maximum atomic E-state index is 13.9. The Morgan fingerprint density at radius 2 is 2.05 bits per heavy atom. The zero-order valence-corrected chi connectivity index (χ0v) is 12.6. The van der Waals surface area contributed by atoms with Crippen molar-refractivity contribution >= 4 is 15.9 Å². The van der Waals surface area contributed by atoms with E-state index in [-0.39, 0.29) is 16.9 Å². The number of hydrogen-bond acceptors (Lipinski definition) is 3. The number of benzene rings is 1. The van der Waals surface area contributed by atoms with Gasteiger partial charge in [-0.2, -0.15) is 0 Å². The van der Waals surface area contributed by atoms with Gasteiger partial charge in [-0.3, -0.25) is 0 Å². The van der Waals surface area contributed by atoms with Crippen molar-refractivity contribution in [2.45, 2.75) is 37.5 Å². The Balaban J connectivity index is 2.57. The number of halogens is 2. The molecule has 1 aromatic carbocycles. The van der Waals surface area contributed by atoms with Crippen LogP contribution >= 0.6 is 15.9 Å². The first-order valence-electron chi connectivity index (χ1n) is 6.51. The lowest BCUT2D eigenvalue weighted by molar-refractivity contribution is 0.282. The van der Waals surface area contributed by atoms with Crippen LogP contribution in [0, 0.1) is 5.82 Å². The summed E-state index contributed by atoms with van der Waals surface area (Å²) in [6, 6.07) is 1.64. The van der Waals surface area contributed by atoms with E-state index in [1.165, 1.54) is 13.5 Å². The lowest BCUT2D eigenvalue weighted by Gasteiger charge is -2.37. The maximum Gasteiger partial charge on any atom is 0.198 e. The number of nitrogens with two attached hydrogens (primary N) is 1. The molecule has 5 heteroatoms. The molecule has 1 saturated carbocycles. The van der Waals surface area contributed by atoms with E-state index in [0.717, 1.165) is 25.7 Å². The van der Waals surface area contributed by atoms with E-state index in [1.807, 2.05) is 0 Å². The minimum atomic E-state index is -0.577. The number of aromatic hydroxyl groups is 1. The van der Waals surface area contributed by atoms with Gasteiger partial charge in [0, 0.05) is 17.5 Å². The van der Waals surface area contributed by atoms with Gasteiger partial charge in [-0.15, -0.1) is 0 Å². The molecule has 0 aromatic heterocycles. The number of methoxy groups -OCH3 is 1. The van der Waals surface area contributed by atoms with Gasteiger partial charge in [0.2, 0.25) is 0 Å². The molecule has 1 aliphatic carbocycles. The molecule has 0 heterocycles. The van der Waals surface area contributed by atoms with Crippen molar-refractivity contribution in [3.63, 3.8) is 0 Å². The normalized spacial score (nSPS) is 18.3. The van der Waals surface area contributed by atoms with E-state index in [1.54, 1.807) is 6.07 Å². The van der Waals surface area contributed by atoms with Gasteiger partial charge in [-0.25, -0.2) is 4.39 Å². The number of phenols is 1. The number of ether oxygens (including phenoxy) is 1. The SMILES string of the molecule is COc1c(O)c(C2(CN)CCCCC2)cc(Br)c1F. The first-order chi connectivity index (χ1) is 9.05. The van der Waals surface area contributed by atoms with Crippen molar-refractivity contribution in [3.8, 4) is 11.5 Å². The highest BCUT2D eigenvalue weighted by Crippen LogP contribution is 2.47. The Morgan fingerprint density at radius 1 is 1.42 bits per heavy atom. The van der Waals surface area contributed by atoms with Crippen molar-refractivity contribution in [1.29, 1.82) is 0 Å². The zero-order valence-electron chi connectivity index (χ0n) is 11.0. The summed E-state index contributed by atoms with van der Waals surface area (Å²) >= 11 is 3.18. The quantitative estimate of drug-likeness (QED) is 0.891. The van der Waals surface area contributed by atoms with Crippen LogP contribution in [-0.2, 0) is 5.41 Å². The molecule has 1 aromatic rings. The third kappa shape index (κ3) is 2.46. The molecule has 0 bridgehead atoms. The Labute approximate surface area is 121 Å². The largest absolute Gasteiger partial charge is 0.504 e. The van der Waals surface area contributed by atoms with Crippen molar-refractivity contribution in [1.82, 2.24) is 0 Å². The number of hydrogen-bond donors (Lipinski definition) is 2. The summed E-state index contributed by atoms with van der Waals surface area (Å²) < 4.78 is 19.2. The van der Waals surface area contributed by atoms with E-state index >= 15 is 0 Å². The highest BCUT2D eigenvalue weighted by molar-refractivity contribution is 9.10. The third-order valence-electron chi connectivity index (χ3n) is 4.13. The molecule has 0 amide bonds. The lowest BCUT2D eigenvalue weighted by Crippen LogP contribution is -2.37. The average Bonchev–Trinajstić information content (AvgIpc) is 2.44. The molecule has 2 rings (SSSR count). The van der Waals surface area contributed by atoms with Gasteiger partial charge in [0.15, 0.2) is 17.3 Å². The molecule has 0 atom stereocenters. The summed E-state index contributed by atoms with van der Waals surface area (Å²) in [7, 11) is 1.35. The topological polar surface area (TPSA) is 55.5 Å². The van der Waals surface area contributed by atoms with Gasteiger partial charge in [-0.05, 0) is 34.8 Å². The van der Waals surface area contributed by atoms with Crippen molar-refractivity contribution in [2.24, 2.45) is 5.73 Å². The molecule has 106 valence electrons. The average molecular weight is 332 g/mol. The molecule has 1 aliphatic rings. The molecule has 0 radical (unpaired) electrons. The first kappa shape index (κ1) is 14.6. The van der Waals surface area contributed by atoms with Gasteiger partial charge in [0.05, 0.1) is 11.6 Å². The van der Waals surface area contributed by atoms with E-state index in [2.05, 4.69) is 15.9 Å². The Morgan fingerprint density at radius 3 is 2.58 bits per heavy atom. The van der Waals surface area contributed by atoms with Crippen LogP contribution in [0.25, 0.3) is 0 Å². The summed E-state index contributed by atoms with van der Waals surface area (Å²) in [6.07, 6.45) is 5.17. The van der Waals surface area contributed by atoms with Gasteiger partial charge in [-0.1, -0.05) is 19.3 Å². The predicted molar refractivity (Wildman–Crippen MR) is 76.1 cm³/mol. The fourth-order valence-corrected chi connectivity index (χ4v) is 3.40. The van der Waals surface area contributed by atoms with E-state index in [4.69, 9.17) is 10.5 Å². The van der Waals surface area contributed by atoms with E-state index < -0.39 is 5.82 Å². The molecule has 0 aliphatic heterocycles. The first-order valence-corrected chi connectivity index (χ1v) is 7.30. The third-order valence-corrected chi connectivity index (χ3v) is 4.70. The highest BCUT2D eigenvalue weighted by Gasteiger charge is 2.37. The van der Waals surface area contributed by atoms with Crippen LogP contribution in [-0.4, -0.2) is 18.8 Å². The molecule has 0 saturated heterocycles. The second-order valence-corrected chi connectivity index (χ2v) is 6.00. The predicted octanol–water partition coefficient (Wildman–Crippen LogP) is 3.46.